The summed E-state index contributed by atoms with van der Waals surface area (Å²) in [7, 11) is 1.66. The van der Waals surface area contributed by atoms with Crippen molar-refractivity contribution in [3.05, 3.63) is 83.7 Å². The van der Waals surface area contributed by atoms with Crippen molar-refractivity contribution in [2.45, 2.75) is 32.4 Å². The molecular weight excluding hydrogens is 376 g/mol. The average molecular weight is 405 g/mol. The highest BCUT2D eigenvalue weighted by Crippen LogP contribution is 2.35. The van der Waals surface area contributed by atoms with Crippen LogP contribution in [-0.4, -0.2) is 35.6 Å². The average Bonchev–Trinajstić information content (AvgIpc) is 3.27. The lowest BCUT2D eigenvalue weighted by Crippen LogP contribution is -2.42. The van der Waals surface area contributed by atoms with Crippen molar-refractivity contribution in [1.29, 1.82) is 0 Å². The van der Waals surface area contributed by atoms with E-state index in [0.717, 1.165) is 42.1 Å². The molecule has 0 radical (unpaired) electrons. The summed E-state index contributed by atoms with van der Waals surface area (Å²) < 4.78 is 13.4. The van der Waals surface area contributed by atoms with Crippen molar-refractivity contribution in [3.8, 4) is 11.5 Å². The standard InChI is InChI=1S/C25H28N2O3/c1-3-4-17-30-21-12-10-19(11-13-21)25(28)27-16-15-26-14-6-9-23(26)24(27)20-7-5-8-22(18-20)29-2/h5-14,18,24H,3-4,15-17H2,1-2H3. The van der Waals surface area contributed by atoms with Crippen LogP contribution >= 0.6 is 0 Å². The smallest absolute Gasteiger partial charge is 0.254 e. The molecule has 0 bridgehead atoms. The molecule has 0 N–H and O–H groups in total. The maximum absolute atomic E-state index is 13.5. The van der Waals surface area contributed by atoms with Gasteiger partial charge in [-0.05, 0) is 60.5 Å². The third-order valence-electron chi connectivity index (χ3n) is 5.58. The number of hydrogen-bond donors (Lipinski definition) is 0. The number of fused-ring (bicyclic) bond motifs is 1. The molecule has 0 aliphatic carbocycles. The van der Waals surface area contributed by atoms with Crippen LogP contribution < -0.4 is 9.47 Å². The van der Waals surface area contributed by atoms with Gasteiger partial charge in [-0.2, -0.15) is 0 Å². The maximum atomic E-state index is 13.5. The van der Waals surface area contributed by atoms with Gasteiger partial charge in [-0.25, -0.2) is 0 Å². The normalized spacial score (nSPS) is 15.5. The Balaban J connectivity index is 1.62. The molecule has 2 heterocycles. The minimum Gasteiger partial charge on any atom is -0.497 e. The number of hydrogen-bond acceptors (Lipinski definition) is 3. The van der Waals surface area contributed by atoms with E-state index in [-0.39, 0.29) is 11.9 Å². The molecule has 156 valence electrons. The lowest BCUT2D eigenvalue weighted by molar-refractivity contribution is 0.0664. The number of amides is 1. The zero-order valence-electron chi connectivity index (χ0n) is 17.6. The van der Waals surface area contributed by atoms with Crippen molar-refractivity contribution in [3.63, 3.8) is 0 Å². The summed E-state index contributed by atoms with van der Waals surface area (Å²) >= 11 is 0. The van der Waals surface area contributed by atoms with E-state index in [4.69, 9.17) is 9.47 Å². The van der Waals surface area contributed by atoms with Gasteiger partial charge in [0.1, 0.15) is 11.5 Å². The van der Waals surface area contributed by atoms with Gasteiger partial charge < -0.3 is 18.9 Å². The minimum absolute atomic E-state index is 0.0235. The molecule has 5 nitrogen and oxygen atoms in total. The molecule has 0 saturated heterocycles. The van der Waals surface area contributed by atoms with E-state index in [0.29, 0.717) is 18.7 Å². The van der Waals surface area contributed by atoms with Crippen LogP contribution in [-0.2, 0) is 6.54 Å². The highest BCUT2D eigenvalue weighted by Gasteiger charge is 2.32. The van der Waals surface area contributed by atoms with Crippen LogP contribution in [0.25, 0.3) is 0 Å². The summed E-state index contributed by atoms with van der Waals surface area (Å²) in [5, 5.41) is 0. The number of aromatic nitrogens is 1. The second-order valence-electron chi connectivity index (χ2n) is 7.53. The maximum Gasteiger partial charge on any atom is 0.254 e. The quantitative estimate of drug-likeness (QED) is 0.525. The number of benzene rings is 2. The molecule has 1 unspecified atom stereocenters. The predicted octanol–water partition coefficient (Wildman–Crippen LogP) is 4.92. The van der Waals surface area contributed by atoms with Gasteiger partial charge in [-0.3, -0.25) is 4.79 Å². The monoisotopic (exact) mass is 404 g/mol. The zero-order valence-corrected chi connectivity index (χ0v) is 17.6. The second kappa shape index (κ2) is 9.08. The summed E-state index contributed by atoms with van der Waals surface area (Å²) in [5.41, 5.74) is 2.83. The Morgan fingerprint density at radius 1 is 1.03 bits per heavy atom. The Hall–Kier alpha value is -3.21. The van der Waals surface area contributed by atoms with Gasteiger partial charge in [0, 0.05) is 30.5 Å². The molecule has 1 atom stereocenters. The molecule has 2 aromatic carbocycles. The lowest BCUT2D eigenvalue weighted by Gasteiger charge is -2.37. The molecule has 0 fully saturated rings. The van der Waals surface area contributed by atoms with Crippen LogP contribution in [0.1, 0.15) is 47.4 Å². The van der Waals surface area contributed by atoms with E-state index < -0.39 is 0 Å². The number of methoxy groups -OCH3 is 1. The van der Waals surface area contributed by atoms with E-state index >= 15 is 0 Å². The molecule has 3 aromatic rings. The molecule has 1 aliphatic heterocycles. The van der Waals surface area contributed by atoms with Crippen LogP contribution in [0, 0.1) is 0 Å². The summed E-state index contributed by atoms with van der Waals surface area (Å²) in [6, 6.07) is 19.4. The van der Waals surface area contributed by atoms with Crippen molar-refractivity contribution >= 4 is 5.91 Å². The fraction of sp³-hybridized carbons (Fsp3) is 0.320. The highest BCUT2D eigenvalue weighted by atomic mass is 16.5. The Kier molecular flexibility index (Phi) is 6.07. The molecule has 4 rings (SSSR count). The van der Waals surface area contributed by atoms with Crippen LogP contribution in [0.2, 0.25) is 0 Å². The first-order chi connectivity index (χ1) is 14.7. The van der Waals surface area contributed by atoms with Crippen LogP contribution in [0.4, 0.5) is 0 Å². The van der Waals surface area contributed by atoms with Gasteiger partial charge in [-0.1, -0.05) is 25.5 Å². The van der Waals surface area contributed by atoms with Gasteiger partial charge in [0.2, 0.25) is 0 Å². The van der Waals surface area contributed by atoms with Crippen molar-refractivity contribution in [2.75, 3.05) is 20.3 Å². The van der Waals surface area contributed by atoms with E-state index in [2.05, 4.69) is 29.8 Å². The van der Waals surface area contributed by atoms with Crippen LogP contribution in [0.5, 0.6) is 11.5 Å². The van der Waals surface area contributed by atoms with E-state index in [1.54, 1.807) is 7.11 Å². The molecule has 30 heavy (non-hydrogen) atoms. The highest BCUT2D eigenvalue weighted by molar-refractivity contribution is 5.95. The molecule has 1 amide bonds. The number of rotatable bonds is 7. The SMILES string of the molecule is CCCCOc1ccc(C(=O)N2CCn3cccc3C2c2cccc(OC)c2)cc1. The zero-order chi connectivity index (χ0) is 20.9. The first-order valence-corrected chi connectivity index (χ1v) is 10.5. The molecule has 1 aromatic heterocycles. The summed E-state index contributed by atoms with van der Waals surface area (Å²) in [4.78, 5) is 15.4. The second-order valence-corrected chi connectivity index (χ2v) is 7.53. The van der Waals surface area contributed by atoms with Gasteiger partial charge >= 0.3 is 0 Å². The van der Waals surface area contributed by atoms with Crippen molar-refractivity contribution < 1.29 is 14.3 Å². The predicted molar refractivity (Wildman–Crippen MR) is 117 cm³/mol. The summed E-state index contributed by atoms with van der Waals surface area (Å²) in [6.07, 6.45) is 4.20. The minimum atomic E-state index is -0.156. The van der Waals surface area contributed by atoms with Gasteiger partial charge in [-0.15, -0.1) is 0 Å². The number of carbonyl (C=O) groups is 1. The largest absolute Gasteiger partial charge is 0.497 e. The van der Waals surface area contributed by atoms with Crippen molar-refractivity contribution in [2.24, 2.45) is 0 Å². The van der Waals surface area contributed by atoms with Gasteiger partial charge in [0.15, 0.2) is 0 Å². The number of unbranched alkanes of at least 4 members (excludes halogenated alkanes) is 1. The fourth-order valence-corrected chi connectivity index (χ4v) is 3.96. The Labute approximate surface area is 177 Å². The number of ether oxygens (including phenoxy) is 2. The van der Waals surface area contributed by atoms with E-state index in [1.165, 1.54) is 0 Å². The van der Waals surface area contributed by atoms with E-state index in [1.807, 2.05) is 53.4 Å². The van der Waals surface area contributed by atoms with E-state index in [9.17, 15) is 4.79 Å². The fourth-order valence-electron chi connectivity index (χ4n) is 3.96. The molecule has 5 heteroatoms. The molecule has 0 spiro atoms. The lowest BCUT2D eigenvalue weighted by atomic mass is 9.98. The Morgan fingerprint density at radius 2 is 1.87 bits per heavy atom. The topological polar surface area (TPSA) is 43.7 Å². The molecule has 1 aliphatic rings. The Morgan fingerprint density at radius 3 is 2.63 bits per heavy atom. The third-order valence-corrected chi connectivity index (χ3v) is 5.58. The van der Waals surface area contributed by atoms with Crippen molar-refractivity contribution in [1.82, 2.24) is 9.47 Å². The number of carbonyl (C=O) groups excluding carboxylic acids is 1. The summed E-state index contributed by atoms with van der Waals surface area (Å²) in [5.74, 6) is 1.62. The van der Waals surface area contributed by atoms with Gasteiger partial charge in [0.05, 0.1) is 19.8 Å². The third kappa shape index (κ3) is 4.06. The Bertz CT molecular complexity index is 994. The number of nitrogens with zero attached hydrogens (tertiary/aromatic N) is 2. The summed E-state index contributed by atoms with van der Waals surface area (Å²) in [6.45, 7) is 4.27. The molecular formula is C25H28N2O3. The van der Waals surface area contributed by atoms with Crippen LogP contribution in [0.3, 0.4) is 0 Å². The van der Waals surface area contributed by atoms with Crippen LogP contribution in [0.15, 0.2) is 66.9 Å². The first kappa shape index (κ1) is 20.1. The first-order valence-electron chi connectivity index (χ1n) is 10.5. The molecule has 0 saturated carbocycles. The van der Waals surface area contributed by atoms with Gasteiger partial charge in [0.25, 0.3) is 5.91 Å².